The predicted octanol–water partition coefficient (Wildman–Crippen LogP) is 1.63. The molecule has 1 nitrogen and oxygen atoms in total. The van der Waals surface area contributed by atoms with Crippen molar-refractivity contribution in [2.75, 3.05) is 0 Å². The second-order valence-corrected chi connectivity index (χ2v) is 6.23. The average Bonchev–Trinajstić information content (AvgIpc) is 0.811. The Kier molecular flexibility index (Phi) is 3.13. The highest BCUT2D eigenvalue weighted by Crippen LogP contribution is 2.25. The summed E-state index contributed by atoms with van der Waals surface area (Å²) >= 11 is 5.78. The molecule has 0 saturated carbocycles. The topological polar surface area (TPSA) is 17.1 Å². The first kappa shape index (κ1) is 5.18. The van der Waals surface area contributed by atoms with Gasteiger partial charge in [-0.25, -0.2) is 0 Å². The van der Waals surface area contributed by atoms with Crippen molar-refractivity contribution in [1.29, 1.82) is 0 Å². The third kappa shape index (κ3) is 10.9. The summed E-state index contributed by atoms with van der Waals surface area (Å²) in [6, 6.07) is 0. The van der Waals surface area contributed by atoms with E-state index in [0.29, 0.717) is 0 Å². The first-order valence-electron chi connectivity index (χ1n) is 0.534. The summed E-state index contributed by atoms with van der Waals surface area (Å²) in [4.78, 5) is 0. The molecule has 24 valence electrons. The summed E-state index contributed by atoms with van der Waals surface area (Å²) in [7, 11) is 0. The molecule has 0 aliphatic rings. The fraction of sp³-hybridized carbons (Fsp3) is 0. The summed E-state index contributed by atoms with van der Waals surface area (Å²) in [5.41, 5.74) is 0. The molecule has 0 radical (unpaired) electrons. The Morgan fingerprint density at radius 2 is 2.00 bits per heavy atom. The molecule has 0 aromatic heterocycles. The summed E-state index contributed by atoms with van der Waals surface area (Å²) in [6.45, 7) is 0. The standard InChI is InChI=1S/IOPS/c1-3(2)4. The smallest absolute Gasteiger partial charge is 0.273 e. The molecular weight excluding hydrogens is 206 g/mol. The van der Waals surface area contributed by atoms with Crippen LogP contribution in [0.4, 0.5) is 0 Å². The van der Waals surface area contributed by atoms with Crippen molar-refractivity contribution in [3.8, 4) is 0 Å². The fourth-order valence-corrected chi connectivity index (χ4v) is 0. The van der Waals surface area contributed by atoms with Gasteiger partial charge >= 0.3 is 0 Å². The minimum atomic E-state index is -1.32. The maximum Gasteiger partial charge on any atom is 0.273 e. The Morgan fingerprint density at radius 3 is 2.00 bits per heavy atom. The molecule has 0 rings (SSSR count). The largest absolute Gasteiger partial charge is 0.436 e. The zero-order chi connectivity index (χ0) is 3.58. The minimum absolute atomic E-state index is 1.32. The van der Waals surface area contributed by atoms with Crippen molar-refractivity contribution < 1.29 is 4.57 Å². The lowest BCUT2D eigenvalue weighted by Gasteiger charge is -1.54. The van der Waals surface area contributed by atoms with Gasteiger partial charge in [0.1, 0.15) is 0 Å². The number of halogens is 1. The third-order valence-electron chi connectivity index (χ3n) is 0. The van der Waals surface area contributed by atoms with Gasteiger partial charge in [0.25, 0.3) is 26.7 Å². The van der Waals surface area contributed by atoms with Crippen molar-refractivity contribution in [2.45, 2.75) is 0 Å². The van der Waals surface area contributed by atoms with Crippen LogP contribution in [0.3, 0.4) is 0 Å². The van der Waals surface area contributed by atoms with E-state index in [2.05, 4.69) is 12.2 Å². The van der Waals surface area contributed by atoms with E-state index >= 15 is 0 Å². The highest BCUT2D eigenvalue weighted by molar-refractivity contribution is 14.2. The van der Waals surface area contributed by atoms with Crippen LogP contribution in [-0.2, 0) is 16.8 Å². The Hall–Kier alpha value is 1.18. The van der Waals surface area contributed by atoms with Gasteiger partial charge in [0.15, 0.2) is 0 Å². The van der Waals surface area contributed by atoms with E-state index in [4.69, 9.17) is 0 Å². The summed E-state index contributed by atoms with van der Waals surface area (Å²) in [5, 5.41) is 0. The zero-order valence-electron chi connectivity index (χ0n) is 1.64. The van der Waals surface area contributed by atoms with E-state index in [0.717, 1.165) is 0 Å². The van der Waals surface area contributed by atoms with Crippen LogP contribution in [0.1, 0.15) is 0 Å². The van der Waals surface area contributed by atoms with Crippen LogP contribution < -0.4 is 0 Å². The van der Waals surface area contributed by atoms with Gasteiger partial charge in [0.05, 0.1) is 0 Å². The van der Waals surface area contributed by atoms with Crippen LogP contribution in [0.2, 0.25) is 0 Å². The molecule has 0 N–H and O–H groups in total. The van der Waals surface area contributed by atoms with E-state index in [1.807, 2.05) is 0 Å². The predicted molar refractivity (Wildman–Crippen MR) is 29.0 cm³/mol. The van der Waals surface area contributed by atoms with E-state index in [1.54, 1.807) is 22.0 Å². The maximum atomic E-state index is 9.39. The first-order chi connectivity index (χ1) is 1.73. The highest BCUT2D eigenvalue weighted by Gasteiger charge is 1.71. The van der Waals surface area contributed by atoms with Crippen molar-refractivity contribution >= 4 is 38.9 Å². The van der Waals surface area contributed by atoms with E-state index < -0.39 is 4.65 Å². The zero-order valence-corrected chi connectivity index (χ0v) is 5.51. The quantitative estimate of drug-likeness (QED) is 0.340. The van der Waals surface area contributed by atoms with Crippen LogP contribution in [0.25, 0.3) is 0 Å². The first-order valence-corrected chi connectivity index (χ1v) is 5.59. The summed E-state index contributed by atoms with van der Waals surface area (Å²) in [5.74, 6) is 0. The van der Waals surface area contributed by atoms with Crippen LogP contribution in [-0.4, -0.2) is 0 Å². The Labute approximate surface area is 43.6 Å². The molecule has 0 aliphatic heterocycles. The van der Waals surface area contributed by atoms with Crippen molar-refractivity contribution in [3.05, 3.63) is 0 Å². The third-order valence-corrected chi connectivity index (χ3v) is 0. The van der Waals surface area contributed by atoms with Crippen molar-refractivity contribution in [1.82, 2.24) is 0 Å². The summed E-state index contributed by atoms with van der Waals surface area (Å²) < 4.78 is 8.08. The molecule has 0 heterocycles. The number of hydrogen-bond acceptors (Lipinski definition) is 2. The van der Waals surface area contributed by atoms with Crippen LogP contribution in [0.15, 0.2) is 0 Å². The Balaban J connectivity index is 2.80. The molecule has 0 amide bonds. The lowest BCUT2D eigenvalue weighted by Crippen LogP contribution is -1.08. The molecule has 0 spiro atoms. The van der Waals surface area contributed by atoms with Gasteiger partial charge in [0.2, 0.25) is 0 Å². The molecule has 0 fully saturated rings. The van der Waals surface area contributed by atoms with Gasteiger partial charge in [-0.05, 0) is 0 Å². The molecule has 0 aromatic rings. The fourth-order valence-electron chi connectivity index (χ4n) is 0. The minimum Gasteiger partial charge on any atom is -0.436 e. The molecule has 4 heteroatoms. The van der Waals surface area contributed by atoms with Crippen LogP contribution in [0.5, 0.6) is 0 Å². The Morgan fingerprint density at radius 1 is 2.00 bits per heavy atom. The van der Waals surface area contributed by atoms with Crippen molar-refractivity contribution in [2.24, 2.45) is 0 Å². The lowest BCUT2D eigenvalue weighted by atomic mass is 16.0. The molecule has 0 aromatic carbocycles. The molecule has 0 bridgehead atoms. The average molecular weight is 206 g/mol. The second kappa shape index (κ2) is 2.42. The van der Waals surface area contributed by atoms with Crippen molar-refractivity contribution in [3.63, 3.8) is 0 Å². The van der Waals surface area contributed by atoms with E-state index in [9.17, 15) is 4.57 Å². The number of rotatable bonds is 0. The normalized spacial score (nSPS) is 11.0. The van der Waals surface area contributed by atoms with Gasteiger partial charge in [-0.15, -0.1) is 0 Å². The van der Waals surface area contributed by atoms with Gasteiger partial charge in [-0.1, -0.05) is 4.57 Å². The van der Waals surface area contributed by atoms with Gasteiger partial charge in [0, 0.05) is 0 Å². The molecule has 1 atom stereocenters. The van der Waals surface area contributed by atoms with E-state index in [-0.39, 0.29) is 0 Å². The van der Waals surface area contributed by atoms with Gasteiger partial charge in [-0.2, -0.15) is 0 Å². The monoisotopic (exact) mass is 206 g/mol. The van der Waals surface area contributed by atoms with Gasteiger partial charge < -0.3 is 12.2 Å². The maximum absolute atomic E-state index is 9.39. The second-order valence-electron chi connectivity index (χ2n) is 0.213. The van der Waals surface area contributed by atoms with Gasteiger partial charge in [-0.3, -0.25) is 0 Å². The Bertz CT molecular complexity index is 31.0. The molecule has 1 unspecified atom stereocenters. The van der Waals surface area contributed by atoms with Crippen LogP contribution in [0, 0.1) is 0 Å². The highest BCUT2D eigenvalue weighted by atomic mass is 127. The molecule has 4 heavy (non-hydrogen) atoms. The molecule has 0 aliphatic carbocycles. The summed E-state index contributed by atoms with van der Waals surface area (Å²) in [6.07, 6.45) is 0. The van der Waals surface area contributed by atoms with Crippen LogP contribution >= 0.6 is 26.7 Å². The molecule has 0 saturated heterocycles. The molecular formula is IOPS. The lowest BCUT2D eigenvalue weighted by molar-refractivity contribution is 0.604. The number of hydrogen-bond donors (Lipinski definition) is 0. The SMILES string of the molecule is O=[P+]([S-])I. The van der Waals surface area contributed by atoms with E-state index in [1.165, 1.54) is 0 Å².